The Morgan fingerprint density at radius 2 is 1.89 bits per heavy atom. The van der Waals surface area contributed by atoms with Crippen LogP contribution in [0.4, 0.5) is 5.82 Å². The smallest absolute Gasteiger partial charge is 0.129 e. The molecule has 1 aliphatic heterocycles. The summed E-state index contributed by atoms with van der Waals surface area (Å²) in [7, 11) is 0. The first-order valence-corrected chi connectivity index (χ1v) is 6.55. The van der Waals surface area contributed by atoms with Gasteiger partial charge in [0, 0.05) is 36.7 Å². The topological polar surface area (TPSA) is 38.2 Å². The van der Waals surface area contributed by atoms with Gasteiger partial charge in [-0.05, 0) is 30.7 Å². The zero-order chi connectivity index (χ0) is 13.1. The molecule has 0 radical (unpaired) electrons. The normalized spacial score (nSPS) is 15.5. The van der Waals surface area contributed by atoms with E-state index >= 15 is 0 Å². The molecular formula is C15H17N3O. The van der Waals surface area contributed by atoms with Crippen LogP contribution in [0, 0.1) is 6.92 Å². The zero-order valence-corrected chi connectivity index (χ0v) is 11.0. The van der Waals surface area contributed by atoms with Gasteiger partial charge in [-0.25, -0.2) is 4.98 Å². The Bertz CT molecular complexity index is 548. The molecule has 4 heteroatoms. The van der Waals surface area contributed by atoms with Crippen LogP contribution in [0.1, 0.15) is 5.69 Å². The first kappa shape index (κ1) is 12.1. The van der Waals surface area contributed by atoms with Gasteiger partial charge in [0.25, 0.3) is 0 Å². The van der Waals surface area contributed by atoms with Gasteiger partial charge in [0.05, 0.1) is 13.2 Å². The largest absolute Gasteiger partial charge is 0.378 e. The van der Waals surface area contributed by atoms with Gasteiger partial charge in [0.2, 0.25) is 0 Å². The van der Waals surface area contributed by atoms with Gasteiger partial charge in [0.15, 0.2) is 0 Å². The minimum Gasteiger partial charge on any atom is -0.378 e. The molecule has 19 heavy (non-hydrogen) atoms. The molecule has 0 bridgehead atoms. The standard InChI is InChI=1S/C15H17N3O/c1-12-2-3-14(11-17-12)13-4-5-16-15(10-13)18-6-8-19-9-7-18/h2-5,10-11H,6-9H2,1H3. The van der Waals surface area contributed by atoms with E-state index in [4.69, 9.17) is 4.74 Å². The summed E-state index contributed by atoms with van der Waals surface area (Å²) in [5.74, 6) is 1.02. The summed E-state index contributed by atoms with van der Waals surface area (Å²) in [4.78, 5) is 11.1. The van der Waals surface area contributed by atoms with Crippen LogP contribution in [0.3, 0.4) is 0 Å². The highest BCUT2D eigenvalue weighted by molar-refractivity contribution is 5.65. The number of nitrogens with zero attached hydrogens (tertiary/aromatic N) is 3. The summed E-state index contributed by atoms with van der Waals surface area (Å²) < 4.78 is 5.37. The molecule has 0 spiro atoms. The van der Waals surface area contributed by atoms with Crippen LogP contribution < -0.4 is 4.90 Å². The average Bonchev–Trinajstić information content (AvgIpc) is 2.49. The third-order valence-corrected chi connectivity index (χ3v) is 3.33. The van der Waals surface area contributed by atoms with E-state index in [9.17, 15) is 0 Å². The molecule has 3 rings (SSSR count). The molecule has 0 N–H and O–H groups in total. The monoisotopic (exact) mass is 255 g/mol. The van der Waals surface area contributed by atoms with E-state index in [1.165, 1.54) is 0 Å². The zero-order valence-electron chi connectivity index (χ0n) is 11.0. The highest BCUT2D eigenvalue weighted by Crippen LogP contribution is 2.22. The van der Waals surface area contributed by atoms with Crippen molar-refractivity contribution in [3.8, 4) is 11.1 Å². The molecule has 2 aromatic rings. The predicted molar refractivity (Wildman–Crippen MR) is 75.2 cm³/mol. The second kappa shape index (κ2) is 5.36. The molecule has 0 saturated carbocycles. The Kier molecular flexibility index (Phi) is 3.42. The van der Waals surface area contributed by atoms with Crippen LogP contribution in [0.2, 0.25) is 0 Å². The number of aromatic nitrogens is 2. The summed E-state index contributed by atoms with van der Waals surface area (Å²) in [5, 5.41) is 0. The van der Waals surface area contributed by atoms with Gasteiger partial charge in [0.1, 0.15) is 5.82 Å². The number of morpholine rings is 1. The summed E-state index contributed by atoms with van der Waals surface area (Å²) in [6, 6.07) is 8.28. The summed E-state index contributed by atoms with van der Waals surface area (Å²) in [5.41, 5.74) is 3.32. The summed E-state index contributed by atoms with van der Waals surface area (Å²) in [6.45, 7) is 5.36. The van der Waals surface area contributed by atoms with E-state index < -0.39 is 0 Å². The van der Waals surface area contributed by atoms with Crippen molar-refractivity contribution in [2.75, 3.05) is 31.2 Å². The fraction of sp³-hybridized carbons (Fsp3) is 0.333. The third-order valence-electron chi connectivity index (χ3n) is 3.33. The number of hydrogen-bond donors (Lipinski definition) is 0. The molecule has 0 amide bonds. The van der Waals surface area contributed by atoms with Crippen LogP contribution >= 0.6 is 0 Å². The lowest BCUT2D eigenvalue weighted by Gasteiger charge is -2.28. The molecule has 0 aliphatic carbocycles. The average molecular weight is 255 g/mol. The van der Waals surface area contributed by atoms with E-state index in [0.717, 1.165) is 48.9 Å². The molecular weight excluding hydrogens is 238 g/mol. The molecule has 98 valence electrons. The molecule has 1 aliphatic rings. The van der Waals surface area contributed by atoms with Crippen molar-refractivity contribution in [1.82, 2.24) is 9.97 Å². The number of ether oxygens (including phenoxy) is 1. The second-order valence-corrected chi connectivity index (χ2v) is 4.69. The molecule has 0 aromatic carbocycles. The fourth-order valence-corrected chi connectivity index (χ4v) is 2.20. The van der Waals surface area contributed by atoms with Gasteiger partial charge in [-0.15, -0.1) is 0 Å². The van der Waals surface area contributed by atoms with Crippen LogP contribution in [0.5, 0.6) is 0 Å². The van der Waals surface area contributed by atoms with Crippen LogP contribution in [-0.4, -0.2) is 36.3 Å². The van der Waals surface area contributed by atoms with Crippen LogP contribution in [0.25, 0.3) is 11.1 Å². The Morgan fingerprint density at radius 1 is 1.05 bits per heavy atom. The molecule has 1 fully saturated rings. The maximum atomic E-state index is 5.37. The molecule has 1 saturated heterocycles. The number of pyridine rings is 2. The minimum atomic E-state index is 0.776. The Morgan fingerprint density at radius 3 is 2.63 bits per heavy atom. The Hall–Kier alpha value is -1.94. The molecule has 3 heterocycles. The van der Waals surface area contributed by atoms with Crippen molar-refractivity contribution in [2.24, 2.45) is 0 Å². The summed E-state index contributed by atoms with van der Waals surface area (Å²) >= 11 is 0. The van der Waals surface area contributed by atoms with Crippen molar-refractivity contribution in [2.45, 2.75) is 6.92 Å². The predicted octanol–water partition coefficient (Wildman–Crippen LogP) is 2.29. The quantitative estimate of drug-likeness (QED) is 0.825. The van der Waals surface area contributed by atoms with Gasteiger partial charge in [-0.3, -0.25) is 4.98 Å². The number of anilines is 1. The highest BCUT2D eigenvalue weighted by atomic mass is 16.5. The van der Waals surface area contributed by atoms with Crippen molar-refractivity contribution < 1.29 is 4.74 Å². The van der Waals surface area contributed by atoms with Gasteiger partial charge < -0.3 is 9.64 Å². The van der Waals surface area contributed by atoms with Crippen molar-refractivity contribution >= 4 is 5.82 Å². The number of aryl methyl sites for hydroxylation is 1. The van der Waals surface area contributed by atoms with Crippen LogP contribution in [0.15, 0.2) is 36.7 Å². The van der Waals surface area contributed by atoms with E-state index in [-0.39, 0.29) is 0 Å². The summed E-state index contributed by atoms with van der Waals surface area (Å²) in [6.07, 6.45) is 3.77. The SMILES string of the molecule is Cc1ccc(-c2ccnc(N3CCOCC3)c2)cn1. The van der Waals surface area contributed by atoms with E-state index in [1.54, 1.807) is 0 Å². The lowest BCUT2D eigenvalue weighted by molar-refractivity contribution is 0.122. The second-order valence-electron chi connectivity index (χ2n) is 4.69. The van der Waals surface area contributed by atoms with E-state index in [2.05, 4.69) is 27.0 Å². The molecule has 0 unspecified atom stereocenters. The number of rotatable bonds is 2. The maximum Gasteiger partial charge on any atom is 0.129 e. The first-order valence-electron chi connectivity index (χ1n) is 6.55. The third kappa shape index (κ3) is 2.74. The van der Waals surface area contributed by atoms with Crippen molar-refractivity contribution in [1.29, 1.82) is 0 Å². The lowest BCUT2D eigenvalue weighted by atomic mass is 10.1. The van der Waals surface area contributed by atoms with Crippen LogP contribution in [-0.2, 0) is 4.74 Å². The van der Waals surface area contributed by atoms with E-state index in [0.29, 0.717) is 0 Å². The van der Waals surface area contributed by atoms with E-state index in [1.807, 2.05) is 31.5 Å². The van der Waals surface area contributed by atoms with Crippen molar-refractivity contribution in [3.63, 3.8) is 0 Å². The lowest BCUT2D eigenvalue weighted by Crippen LogP contribution is -2.36. The Balaban J connectivity index is 1.88. The fourth-order valence-electron chi connectivity index (χ4n) is 2.20. The minimum absolute atomic E-state index is 0.776. The first-order chi connectivity index (χ1) is 9.33. The molecule has 4 nitrogen and oxygen atoms in total. The highest BCUT2D eigenvalue weighted by Gasteiger charge is 2.12. The molecule has 2 aromatic heterocycles. The maximum absolute atomic E-state index is 5.37. The van der Waals surface area contributed by atoms with Gasteiger partial charge in [-0.2, -0.15) is 0 Å². The van der Waals surface area contributed by atoms with Crippen molar-refractivity contribution in [3.05, 3.63) is 42.4 Å². The van der Waals surface area contributed by atoms with Gasteiger partial charge in [-0.1, -0.05) is 6.07 Å². The molecule has 0 atom stereocenters. The van der Waals surface area contributed by atoms with Gasteiger partial charge >= 0.3 is 0 Å². The number of hydrogen-bond acceptors (Lipinski definition) is 4. The Labute approximate surface area is 113 Å².